The summed E-state index contributed by atoms with van der Waals surface area (Å²) in [6.07, 6.45) is 2.57. The molecular formula is C7H13Cl3N2Pt-. The maximum absolute atomic E-state index is 7.62. The van der Waals surface area contributed by atoms with Crippen LogP contribution in [0.4, 0.5) is 0 Å². The Bertz CT molecular complexity index is 148. The zero-order chi connectivity index (χ0) is 9.84. The average molecular weight is 427 g/mol. The molecule has 0 spiro atoms. The van der Waals surface area contributed by atoms with Crippen LogP contribution in [-0.4, -0.2) is 30.6 Å². The molecule has 3 saturated heterocycles. The van der Waals surface area contributed by atoms with Crippen molar-refractivity contribution in [1.29, 1.82) is 0 Å². The molecule has 1 N–H and O–H groups in total. The van der Waals surface area contributed by atoms with Crippen LogP contribution in [0.15, 0.2) is 0 Å². The maximum atomic E-state index is 7.62. The van der Waals surface area contributed by atoms with Crippen LogP contribution >= 0.6 is 28.3 Å². The zero-order valence-corrected chi connectivity index (χ0v) is 11.6. The SMILES string of the molecule is [Cl][Pt]([Cl])[Cl].[NH-]C1CN2CCC1CC2. The van der Waals surface area contributed by atoms with Gasteiger partial charge in [-0.15, -0.1) is 6.04 Å². The van der Waals surface area contributed by atoms with E-state index in [0.29, 0.717) is 0 Å². The molecule has 3 rings (SSSR count). The maximum Gasteiger partial charge on any atom is -0.00172 e. The van der Waals surface area contributed by atoms with Crippen LogP contribution in [0.1, 0.15) is 12.8 Å². The van der Waals surface area contributed by atoms with E-state index in [1.165, 1.54) is 25.9 Å². The molecule has 1 atom stereocenters. The molecule has 0 aliphatic carbocycles. The van der Waals surface area contributed by atoms with E-state index in [0.717, 1.165) is 12.5 Å². The van der Waals surface area contributed by atoms with Crippen molar-refractivity contribution >= 4 is 28.3 Å². The molecule has 83 valence electrons. The number of fused-ring (bicyclic) bond motifs is 3. The molecule has 1 unspecified atom stereocenters. The summed E-state index contributed by atoms with van der Waals surface area (Å²) in [7, 11) is 14.9. The van der Waals surface area contributed by atoms with Gasteiger partial charge in [0.15, 0.2) is 0 Å². The molecule has 3 fully saturated rings. The van der Waals surface area contributed by atoms with Crippen molar-refractivity contribution in [1.82, 2.24) is 4.90 Å². The van der Waals surface area contributed by atoms with Crippen molar-refractivity contribution in [2.24, 2.45) is 5.92 Å². The fourth-order valence-electron chi connectivity index (χ4n) is 1.97. The number of hydrogen-bond acceptors (Lipinski definition) is 1. The Labute approximate surface area is 97.0 Å². The van der Waals surface area contributed by atoms with Crippen molar-refractivity contribution in [2.75, 3.05) is 19.6 Å². The second kappa shape index (κ2) is 6.15. The van der Waals surface area contributed by atoms with E-state index < -0.39 is 14.2 Å². The Hall–Kier alpha value is 1.48. The molecule has 0 aromatic heterocycles. The molecule has 13 heavy (non-hydrogen) atoms. The van der Waals surface area contributed by atoms with Gasteiger partial charge >= 0.3 is 42.4 Å². The summed E-state index contributed by atoms with van der Waals surface area (Å²) in [6.45, 7) is 3.57. The molecule has 3 aliphatic rings. The van der Waals surface area contributed by atoms with Gasteiger partial charge in [0.1, 0.15) is 0 Å². The quantitative estimate of drug-likeness (QED) is 0.584. The molecule has 3 heterocycles. The van der Waals surface area contributed by atoms with Gasteiger partial charge < -0.3 is 10.6 Å². The number of nitrogens with zero attached hydrogens (tertiary/aromatic N) is 1. The van der Waals surface area contributed by atoms with Crippen molar-refractivity contribution in [3.63, 3.8) is 0 Å². The van der Waals surface area contributed by atoms with Gasteiger partial charge in [-0.3, -0.25) is 0 Å². The Morgan fingerprint density at radius 2 is 1.62 bits per heavy atom. The van der Waals surface area contributed by atoms with Gasteiger partial charge in [-0.1, -0.05) is 5.92 Å². The van der Waals surface area contributed by atoms with Crippen LogP contribution in [-0.2, 0) is 14.2 Å². The van der Waals surface area contributed by atoms with E-state index in [4.69, 9.17) is 34.0 Å². The third-order valence-corrected chi connectivity index (χ3v) is 2.66. The number of hydrogen-bond donors (Lipinski definition) is 0. The van der Waals surface area contributed by atoms with Gasteiger partial charge in [-0.05, 0) is 32.5 Å². The van der Waals surface area contributed by atoms with E-state index >= 15 is 0 Å². The Balaban J connectivity index is 0.000000184. The molecule has 2 nitrogen and oxygen atoms in total. The van der Waals surface area contributed by atoms with Crippen LogP contribution in [0, 0.1) is 5.92 Å². The summed E-state index contributed by atoms with van der Waals surface area (Å²) in [5, 5.41) is 0. The molecule has 0 aromatic rings. The van der Waals surface area contributed by atoms with Gasteiger partial charge in [-0.2, -0.15) is 0 Å². The van der Waals surface area contributed by atoms with Crippen molar-refractivity contribution in [2.45, 2.75) is 18.9 Å². The first-order valence-electron chi connectivity index (χ1n) is 4.15. The number of piperidine rings is 3. The predicted molar refractivity (Wildman–Crippen MR) is 54.8 cm³/mol. The minimum atomic E-state index is -1.85. The summed E-state index contributed by atoms with van der Waals surface area (Å²) in [6, 6.07) is 0.243. The van der Waals surface area contributed by atoms with Crippen LogP contribution in [0.2, 0.25) is 0 Å². The van der Waals surface area contributed by atoms with E-state index in [1.807, 2.05) is 0 Å². The fourth-order valence-corrected chi connectivity index (χ4v) is 1.97. The van der Waals surface area contributed by atoms with E-state index in [-0.39, 0.29) is 6.04 Å². The summed E-state index contributed by atoms with van der Waals surface area (Å²) >= 11 is -1.85. The van der Waals surface area contributed by atoms with Gasteiger partial charge in [-0.25, -0.2) is 0 Å². The van der Waals surface area contributed by atoms with Crippen molar-refractivity contribution < 1.29 is 14.2 Å². The van der Waals surface area contributed by atoms with Crippen LogP contribution in [0.5, 0.6) is 0 Å². The molecule has 0 saturated carbocycles. The number of nitrogens with one attached hydrogen (secondary N) is 1. The van der Waals surface area contributed by atoms with Crippen molar-refractivity contribution in [3.05, 3.63) is 5.73 Å². The summed E-state index contributed by atoms with van der Waals surface area (Å²) in [4.78, 5) is 2.41. The average Bonchev–Trinajstić information content (AvgIpc) is 2.04. The molecular weight excluding hydrogens is 414 g/mol. The minimum Gasteiger partial charge on any atom is -0.673 e. The second-order valence-corrected chi connectivity index (χ2v) is 13.2. The van der Waals surface area contributed by atoms with Gasteiger partial charge in [0.25, 0.3) is 0 Å². The fraction of sp³-hybridized carbons (Fsp3) is 1.00. The summed E-state index contributed by atoms with van der Waals surface area (Å²) < 4.78 is 0. The summed E-state index contributed by atoms with van der Waals surface area (Å²) in [5.74, 6) is 0.745. The second-order valence-electron chi connectivity index (χ2n) is 3.38. The Morgan fingerprint density at radius 1 is 1.15 bits per heavy atom. The molecule has 0 radical (unpaired) electrons. The monoisotopic (exact) mass is 425 g/mol. The molecule has 3 aliphatic heterocycles. The molecule has 2 bridgehead atoms. The van der Waals surface area contributed by atoms with Gasteiger partial charge in [0.05, 0.1) is 0 Å². The smallest absolute Gasteiger partial charge is 0.00172 e. The minimum absolute atomic E-state index is 0.243. The van der Waals surface area contributed by atoms with Crippen LogP contribution < -0.4 is 0 Å². The normalized spacial score (nSPS) is 37.8. The van der Waals surface area contributed by atoms with E-state index in [9.17, 15) is 0 Å². The Kier molecular flexibility index (Phi) is 5.93. The van der Waals surface area contributed by atoms with Gasteiger partial charge in [0, 0.05) is 0 Å². The van der Waals surface area contributed by atoms with E-state index in [1.54, 1.807) is 0 Å². The molecule has 0 amide bonds. The Morgan fingerprint density at radius 3 is 1.77 bits per heavy atom. The largest absolute Gasteiger partial charge is 0.673 e. The number of rotatable bonds is 0. The summed E-state index contributed by atoms with van der Waals surface area (Å²) in [5.41, 5.74) is 7.62. The van der Waals surface area contributed by atoms with E-state index in [2.05, 4.69) is 4.90 Å². The molecule has 6 heteroatoms. The first-order chi connectivity index (χ1) is 6.09. The third-order valence-electron chi connectivity index (χ3n) is 2.66. The first-order valence-corrected chi connectivity index (χ1v) is 12.6. The van der Waals surface area contributed by atoms with Crippen LogP contribution in [0.25, 0.3) is 5.73 Å². The first kappa shape index (κ1) is 12.5. The zero-order valence-electron chi connectivity index (χ0n) is 7.09. The van der Waals surface area contributed by atoms with Crippen LogP contribution in [0.3, 0.4) is 0 Å². The third kappa shape index (κ3) is 4.68. The predicted octanol–water partition coefficient (Wildman–Crippen LogP) is 3.20. The van der Waals surface area contributed by atoms with Gasteiger partial charge in [0.2, 0.25) is 0 Å². The van der Waals surface area contributed by atoms with Crippen molar-refractivity contribution in [3.8, 4) is 0 Å². The molecule has 0 aromatic carbocycles. The number of halogens is 3. The standard InChI is InChI=1S/C7H13N2.3ClH.Pt/c8-7-5-9-3-1-6(7)2-4-9;;;;/h6-8H,1-5H2;3*1H;/q-1;;;;+3/p-3. The topological polar surface area (TPSA) is 27.0 Å².